The number of aryl methyl sites for hydroxylation is 1. The summed E-state index contributed by atoms with van der Waals surface area (Å²) in [4.78, 5) is 0. The third kappa shape index (κ3) is 1.86. The van der Waals surface area contributed by atoms with Crippen LogP contribution in [-0.2, 0) is 5.54 Å². The molecule has 82 valence electrons. The van der Waals surface area contributed by atoms with Crippen LogP contribution in [0.4, 0.5) is 0 Å². The minimum Gasteiger partial charge on any atom is -0.494 e. The Morgan fingerprint density at radius 2 is 2.13 bits per heavy atom. The monoisotopic (exact) mass is 205 g/mol. The van der Waals surface area contributed by atoms with Crippen molar-refractivity contribution >= 4 is 0 Å². The topological polar surface area (TPSA) is 35.2 Å². The summed E-state index contributed by atoms with van der Waals surface area (Å²) in [5.41, 5.74) is 8.66. The molecule has 0 radical (unpaired) electrons. The van der Waals surface area contributed by atoms with Crippen molar-refractivity contribution in [3.8, 4) is 5.75 Å². The normalized spacial score (nSPS) is 18.3. The third-order valence-electron chi connectivity index (χ3n) is 3.22. The van der Waals surface area contributed by atoms with E-state index in [-0.39, 0.29) is 5.54 Å². The highest BCUT2D eigenvalue weighted by Crippen LogP contribution is 2.43. The first-order chi connectivity index (χ1) is 7.15. The summed E-state index contributed by atoms with van der Waals surface area (Å²) in [6.45, 7) is 4.81. The van der Waals surface area contributed by atoms with E-state index in [9.17, 15) is 0 Å². The second-order valence-electron chi connectivity index (χ2n) is 4.44. The molecule has 0 bridgehead atoms. The van der Waals surface area contributed by atoms with Crippen molar-refractivity contribution in [1.29, 1.82) is 0 Å². The molecule has 0 spiro atoms. The fourth-order valence-corrected chi connectivity index (χ4v) is 2.14. The van der Waals surface area contributed by atoms with Crippen molar-refractivity contribution in [3.05, 3.63) is 29.3 Å². The van der Waals surface area contributed by atoms with Gasteiger partial charge < -0.3 is 10.5 Å². The molecule has 0 amide bonds. The molecule has 15 heavy (non-hydrogen) atoms. The van der Waals surface area contributed by atoms with Gasteiger partial charge >= 0.3 is 0 Å². The predicted octanol–water partition coefficient (Wildman–Crippen LogP) is 2.73. The Hall–Kier alpha value is -1.02. The summed E-state index contributed by atoms with van der Waals surface area (Å²) >= 11 is 0. The Labute approximate surface area is 91.4 Å². The van der Waals surface area contributed by atoms with Gasteiger partial charge in [0.25, 0.3) is 0 Å². The molecule has 1 aromatic rings. The molecule has 1 aliphatic carbocycles. The van der Waals surface area contributed by atoms with Crippen LogP contribution in [0.25, 0.3) is 0 Å². The lowest BCUT2D eigenvalue weighted by atomic mass is 9.72. The zero-order valence-corrected chi connectivity index (χ0v) is 9.55. The van der Waals surface area contributed by atoms with E-state index in [1.54, 1.807) is 0 Å². The van der Waals surface area contributed by atoms with Crippen molar-refractivity contribution in [2.45, 2.75) is 38.6 Å². The molecular formula is C13H19NO. The quantitative estimate of drug-likeness (QED) is 0.823. The number of rotatable bonds is 3. The van der Waals surface area contributed by atoms with Gasteiger partial charge in [-0.3, -0.25) is 0 Å². The van der Waals surface area contributed by atoms with E-state index in [2.05, 4.69) is 19.1 Å². The van der Waals surface area contributed by atoms with E-state index in [0.29, 0.717) is 6.61 Å². The Bertz CT molecular complexity index is 356. The van der Waals surface area contributed by atoms with Gasteiger partial charge in [0.1, 0.15) is 5.75 Å². The van der Waals surface area contributed by atoms with Crippen molar-refractivity contribution in [1.82, 2.24) is 0 Å². The van der Waals surface area contributed by atoms with Gasteiger partial charge in [-0.15, -0.1) is 0 Å². The van der Waals surface area contributed by atoms with Crippen LogP contribution in [0.2, 0.25) is 0 Å². The van der Waals surface area contributed by atoms with Gasteiger partial charge in [-0.1, -0.05) is 17.7 Å². The van der Waals surface area contributed by atoms with Gasteiger partial charge in [0.05, 0.1) is 6.61 Å². The maximum absolute atomic E-state index is 6.34. The van der Waals surface area contributed by atoms with Crippen LogP contribution >= 0.6 is 0 Å². The maximum Gasteiger partial charge on any atom is 0.124 e. The van der Waals surface area contributed by atoms with Crippen LogP contribution in [0.5, 0.6) is 5.75 Å². The molecule has 1 saturated carbocycles. The van der Waals surface area contributed by atoms with Gasteiger partial charge in [0, 0.05) is 11.1 Å². The van der Waals surface area contributed by atoms with Crippen LogP contribution in [0.3, 0.4) is 0 Å². The number of ether oxygens (including phenoxy) is 1. The first kappa shape index (κ1) is 10.5. The van der Waals surface area contributed by atoms with Gasteiger partial charge in [0.2, 0.25) is 0 Å². The van der Waals surface area contributed by atoms with E-state index < -0.39 is 0 Å². The van der Waals surface area contributed by atoms with Gasteiger partial charge in [-0.2, -0.15) is 0 Å². The number of nitrogens with two attached hydrogens (primary N) is 1. The molecule has 0 unspecified atom stereocenters. The lowest BCUT2D eigenvalue weighted by Gasteiger charge is -2.39. The Morgan fingerprint density at radius 3 is 2.67 bits per heavy atom. The highest BCUT2D eigenvalue weighted by atomic mass is 16.5. The highest BCUT2D eigenvalue weighted by Gasteiger charge is 2.36. The fourth-order valence-electron chi connectivity index (χ4n) is 2.14. The SMILES string of the molecule is CCOc1ccc(C)cc1C1(N)CCC1. The Morgan fingerprint density at radius 1 is 1.40 bits per heavy atom. The average molecular weight is 205 g/mol. The van der Waals surface area contributed by atoms with Crippen LogP contribution in [0.15, 0.2) is 18.2 Å². The summed E-state index contributed by atoms with van der Waals surface area (Å²) < 4.78 is 5.63. The second-order valence-corrected chi connectivity index (χ2v) is 4.44. The molecule has 2 N–H and O–H groups in total. The van der Waals surface area contributed by atoms with E-state index in [1.165, 1.54) is 17.5 Å². The molecule has 2 heteroatoms. The predicted molar refractivity (Wildman–Crippen MR) is 62.1 cm³/mol. The first-order valence-electron chi connectivity index (χ1n) is 5.68. The van der Waals surface area contributed by atoms with Crippen LogP contribution in [0, 0.1) is 6.92 Å². The molecule has 1 aromatic carbocycles. The molecule has 1 aliphatic rings. The Kier molecular flexibility index (Phi) is 2.70. The molecule has 2 nitrogen and oxygen atoms in total. The number of hydrogen-bond acceptors (Lipinski definition) is 2. The zero-order valence-electron chi connectivity index (χ0n) is 9.55. The van der Waals surface area contributed by atoms with Crippen molar-refractivity contribution in [3.63, 3.8) is 0 Å². The summed E-state index contributed by atoms with van der Waals surface area (Å²) in [5.74, 6) is 0.963. The van der Waals surface area contributed by atoms with Crippen molar-refractivity contribution in [2.24, 2.45) is 5.73 Å². The molecule has 0 atom stereocenters. The van der Waals surface area contributed by atoms with E-state index in [0.717, 1.165) is 18.6 Å². The summed E-state index contributed by atoms with van der Waals surface area (Å²) in [7, 11) is 0. The van der Waals surface area contributed by atoms with Crippen LogP contribution in [-0.4, -0.2) is 6.61 Å². The second kappa shape index (κ2) is 3.86. The van der Waals surface area contributed by atoms with Crippen molar-refractivity contribution < 1.29 is 4.74 Å². The molecule has 0 saturated heterocycles. The molecule has 0 heterocycles. The fraction of sp³-hybridized carbons (Fsp3) is 0.538. The van der Waals surface area contributed by atoms with E-state index >= 15 is 0 Å². The van der Waals surface area contributed by atoms with Crippen LogP contribution in [0.1, 0.15) is 37.3 Å². The minimum atomic E-state index is -0.128. The molecule has 2 rings (SSSR count). The van der Waals surface area contributed by atoms with E-state index in [4.69, 9.17) is 10.5 Å². The largest absolute Gasteiger partial charge is 0.494 e. The standard InChI is InChI=1S/C13H19NO/c1-3-15-12-6-5-10(2)9-11(12)13(14)7-4-8-13/h5-6,9H,3-4,7-8,14H2,1-2H3. The van der Waals surface area contributed by atoms with Gasteiger partial charge in [0.15, 0.2) is 0 Å². The lowest BCUT2D eigenvalue weighted by molar-refractivity contribution is 0.238. The van der Waals surface area contributed by atoms with Crippen LogP contribution < -0.4 is 10.5 Å². The first-order valence-corrected chi connectivity index (χ1v) is 5.68. The summed E-state index contributed by atoms with van der Waals surface area (Å²) in [6, 6.07) is 6.29. The molecule has 0 aromatic heterocycles. The molecule has 0 aliphatic heterocycles. The Balaban J connectivity index is 2.38. The minimum absolute atomic E-state index is 0.128. The number of hydrogen-bond donors (Lipinski definition) is 1. The molecule has 1 fully saturated rings. The highest BCUT2D eigenvalue weighted by molar-refractivity contribution is 5.42. The average Bonchev–Trinajstić information content (AvgIpc) is 2.17. The maximum atomic E-state index is 6.34. The lowest BCUT2D eigenvalue weighted by Crippen LogP contribution is -2.43. The van der Waals surface area contributed by atoms with Crippen molar-refractivity contribution in [2.75, 3.05) is 6.61 Å². The van der Waals surface area contributed by atoms with E-state index in [1.807, 2.05) is 13.0 Å². The molecular weight excluding hydrogens is 186 g/mol. The summed E-state index contributed by atoms with van der Waals surface area (Å²) in [6.07, 6.45) is 3.39. The number of benzene rings is 1. The smallest absolute Gasteiger partial charge is 0.124 e. The zero-order chi connectivity index (χ0) is 10.9. The van der Waals surface area contributed by atoms with Gasteiger partial charge in [-0.05, 0) is 39.2 Å². The summed E-state index contributed by atoms with van der Waals surface area (Å²) in [5, 5.41) is 0. The van der Waals surface area contributed by atoms with Gasteiger partial charge in [-0.25, -0.2) is 0 Å². The third-order valence-corrected chi connectivity index (χ3v) is 3.22.